The van der Waals surface area contributed by atoms with Crippen molar-refractivity contribution >= 4 is 35.1 Å². The number of nitrogen functional groups attached to an aromatic ring is 1. The summed E-state index contributed by atoms with van der Waals surface area (Å²) < 4.78 is 0. The Balaban J connectivity index is 2.49. The van der Waals surface area contributed by atoms with Crippen molar-refractivity contribution in [2.75, 3.05) is 43.9 Å². The fourth-order valence-electron chi connectivity index (χ4n) is 2.48. The SMILES string of the molecule is C=Cc1c(N)cc(Cl)c(N2CCN(C)CC2)c1C=C. The monoisotopic (exact) mass is 277 g/mol. The number of likely N-dealkylation sites (N-methyl/N-ethyl adjacent to an activating group) is 1. The third-order valence-electron chi connectivity index (χ3n) is 3.59. The molecule has 0 atom stereocenters. The predicted molar refractivity (Wildman–Crippen MR) is 85.8 cm³/mol. The van der Waals surface area contributed by atoms with Crippen molar-refractivity contribution in [3.63, 3.8) is 0 Å². The maximum atomic E-state index is 6.39. The Morgan fingerprint density at radius 2 is 1.74 bits per heavy atom. The maximum absolute atomic E-state index is 6.39. The lowest BCUT2D eigenvalue weighted by Crippen LogP contribution is -2.44. The average molecular weight is 278 g/mol. The van der Waals surface area contributed by atoms with E-state index in [1.807, 2.05) is 6.08 Å². The fraction of sp³-hybridized carbons (Fsp3) is 0.333. The van der Waals surface area contributed by atoms with E-state index in [9.17, 15) is 0 Å². The molecule has 0 aromatic heterocycles. The van der Waals surface area contributed by atoms with E-state index in [0.29, 0.717) is 10.7 Å². The Morgan fingerprint density at radius 3 is 2.26 bits per heavy atom. The first-order valence-corrected chi connectivity index (χ1v) is 6.76. The summed E-state index contributed by atoms with van der Waals surface area (Å²) in [6.07, 6.45) is 3.58. The van der Waals surface area contributed by atoms with Gasteiger partial charge in [-0.2, -0.15) is 0 Å². The Bertz CT molecular complexity index is 503. The van der Waals surface area contributed by atoms with Crippen molar-refractivity contribution in [2.45, 2.75) is 0 Å². The molecule has 2 N–H and O–H groups in total. The molecule has 3 nitrogen and oxygen atoms in total. The van der Waals surface area contributed by atoms with Crippen LogP contribution in [-0.4, -0.2) is 38.1 Å². The Hall–Kier alpha value is -1.45. The molecular formula is C15H20ClN3. The van der Waals surface area contributed by atoms with Crippen LogP contribution in [0, 0.1) is 0 Å². The van der Waals surface area contributed by atoms with Gasteiger partial charge in [-0.25, -0.2) is 0 Å². The number of benzene rings is 1. The number of anilines is 2. The van der Waals surface area contributed by atoms with Crippen LogP contribution in [0.4, 0.5) is 11.4 Å². The first-order valence-electron chi connectivity index (χ1n) is 6.38. The molecule has 0 amide bonds. The lowest BCUT2D eigenvalue weighted by molar-refractivity contribution is 0.313. The van der Waals surface area contributed by atoms with Gasteiger partial charge >= 0.3 is 0 Å². The lowest BCUT2D eigenvalue weighted by atomic mass is 10.0. The minimum absolute atomic E-state index is 0.646. The smallest absolute Gasteiger partial charge is 0.0666 e. The number of nitrogens with two attached hydrogens (primary N) is 1. The minimum Gasteiger partial charge on any atom is -0.398 e. The summed E-state index contributed by atoms with van der Waals surface area (Å²) in [5.74, 6) is 0. The first kappa shape index (κ1) is 14.0. The van der Waals surface area contributed by atoms with Crippen LogP contribution in [0.3, 0.4) is 0 Å². The molecule has 4 heteroatoms. The Labute approximate surface area is 119 Å². The molecule has 1 heterocycles. The Morgan fingerprint density at radius 1 is 1.16 bits per heavy atom. The predicted octanol–water partition coefficient (Wildman–Crippen LogP) is 2.96. The molecule has 1 aromatic rings. The largest absolute Gasteiger partial charge is 0.398 e. The van der Waals surface area contributed by atoms with Crippen LogP contribution in [0.2, 0.25) is 5.02 Å². The van der Waals surface area contributed by atoms with Crippen molar-refractivity contribution in [3.8, 4) is 0 Å². The van der Waals surface area contributed by atoms with E-state index in [-0.39, 0.29) is 0 Å². The molecule has 0 bridgehead atoms. The summed E-state index contributed by atoms with van der Waals surface area (Å²) in [6, 6.07) is 1.80. The van der Waals surface area contributed by atoms with Crippen LogP contribution in [0.1, 0.15) is 11.1 Å². The van der Waals surface area contributed by atoms with Crippen LogP contribution in [-0.2, 0) is 0 Å². The molecule has 0 spiro atoms. The highest BCUT2D eigenvalue weighted by Gasteiger charge is 2.21. The van der Waals surface area contributed by atoms with Gasteiger partial charge in [0.05, 0.1) is 10.7 Å². The second-order valence-electron chi connectivity index (χ2n) is 4.82. The number of hydrogen-bond donors (Lipinski definition) is 1. The van der Waals surface area contributed by atoms with E-state index in [2.05, 4.69) is 30.0 Å². The number of rotatable bonds is 3. The van der Waals surface area contributed by atoms with Crippen molar-refractivity contribution in [1.82, 2.24) is 4.90 Å². The fourth-order valence-corrected chi connectivity index (χ4v) is 2.82. The molecule has 1 saturated heterocycles. The standard InChI is InChI=1S/C15H20ClN3/c1-4-11-12(5-2)15(13(16)10-14(11)17)19-8-6-18(3)7-9-19/h4-5,10H,1-2,6-9,17H2,3H3. The number of hydrogen-bond acceptors (Lipinski definition) is 3. The van der Waals surface area contributed by atoms with Crippen molar-refractivity contribution in [1.29, 1.82) is 0 Å². The molecule has 0 aliphatic carbocycles. The van der Waals surface area contributed by atoms with E-state index in [4.69, 9.17) is 17.3 Å². The minimum atomic E-state index is 0.646. The van der Waals surface area contributed by atoms with E-state index < -0.39 is 0 Å². The topological polar surface area (TPSA) is 32.5 Å². The van der Waals surface area contributed by atoms with Gasteiger partial charge in [0.25, 0.3) is 0 Å². The number of piperazine rings is 1. The van der Waals surface area contributed by atoms with Gasteiger partial charge in [0, 0.05) is 43.0 Å². The van der Waals surface area contributed by atoms with Gasteiger partial charge in [0.1, 0.15) is 0 Å². The van der Waals surface area contributed by atoms with Gasteiger partial charge in [-0.05, 0) is 13.1 Å². The first-order chi connectivity index (χ1) is 9.08. The van der Waals surface area contributed by atoms with E-state index in [0.717, 1.165) is 43.0 Å². The molecule has 2 rings (SSSR count). The normalized spacial score (nSPS) is 16.4. The van der Waals surface area contributed by atoms with Crippen LogP contribution < -0.4 is 10.6 Å². The molecule has 1 aliphatic heterocycles. The zero-order valence-corrected chi connectivity index (χ0v) is 12.1. The van der Waals surface area contributed by atoms with Gasteiger partial charge in [0.2, 0.25) is 0 Å². The number of nitrogens with zero attached hydrogens (tertiary/aromatic N) is 2. The highest BCUT2D eigenvalue weighted by Crippen LogP contribution is 2.37. The van der Waals surface area contributed by atoms with Gasteiger partial charge in [-0.1, -0.05) is 36.9 Å². The van der Waals surface area contributed by atoms with Crippen molar-refractivity contribution in [2.24, 2.45) is 0 Å². The summed E-state index contributed by atoms with van der Waals surface area (Å²) in [6.45, 7) is 11.7. The zero-order valence-electron chi connectivity index (χ0n) is 11.3. The maximum Gasteiger partial charge on any atom is 0.0666 e. The second kappa shape index (κ2) is 5.68. The Kier molecular flexibility index (Phi) is 4.17. The van der Waals surface area contributed by atoms with Crippen LogP contribution >= 0.6 is 11.6 Å². The van der Waals surface area contributed by atoms with Gasteiger partial charge < -0.3 is 15.5 Å². The zero-order chi connectivity index (χ0) is 14.0. The van der Waals surface area contributed by atoms with Gasteiger partial charge in [0.15, 0.2) is 0 Å². The van der Waals surface area contributed by atoms with Crippen LogP contribution in [0.25, 0.3) is 12.2 Å². The molecule has 0 saturated carbocycles. The molecule has 0 unspecified atom stereocenters. The quantitative estimate of drug-likeness (QED) is 0.862. The van der Waals surface area contributed by atoms with Crippen LogP contribution in [0.5, 0.6) is 0 Å². The van der Waals surface area contributed by atoms with Crippen LogP contribution in [0.15, 0.2) is 19.2 Å². The third kappa shape index (κ3) is 2.62. The molecule has 1 aromatic carbocycles. The van der Waals surface area contributed by atoms with Crippen molar-refractivity contribution < 1.29 is 0 Å². The van der Waals surface area contributed by atoms with E-state index in [1.165, 1.54) is 0 Å². The van der Waals surface area contributed by atoms with Gasteiger partial charge in [-0.3, -0.25) is 0 Å². The molecule has 19 heavy (non-hydrogen) atoms. The highest BCUT2D eigenvalue weighted by molar-refractivity contribution is 6.34. The van der Waals surface area contributed by atoms with E-state index >= 15 is 0 Å². The summed E-state index contributed by atoms with van der Waals surface area (Å²) >= 11 is 6.39. The number of halogens is 1. The highest BCUT2D eigenvalue weighted by atomic mass is 35.5. The average Bonchev–Trinajstić information content (AvgIpc) is 2.39. The molecular weight excluding hydrogens is 258 g/mol. The lowest BCUT2D eigenvalue weighted by Gasteiger charge is -2.36. The molecule has 0 radical (unpaired) electrons. The molecule has 1 fully saturated rings. The summed E-state index contributed by atoms with van der Waals surface area (Å²) in [7, 11) is 2.13. The van der Waals surface area contributed by atoms with Crippen molar-refractivity contribution in [3.05, 3.63) is 35.4 Å². The van der Waals surface area contributed by atoms with Gasteiger partial charge in [-0.15, -0.1) is 0 Å². The van der Waals surface area contributed by atoms with E-state index in [1.54, 1.807) is 12.1 Å². The summed E-state index contributed by atoms with van der Waals surface area (Å²) in [5, 5.41) is 0.683. The third-order valence-corrected chi connectivity index (χ3v) is 3.88. The summed E-state index contributed by atoms with van der Waals surface area (Å²) in [5.41, 5.74) is 9.55. The molecule has 1 aliphatic rings. The second-order valence-corrected chi connectivity index (χ2v) is 5.23. The molecule has 102 valence electrons. The summed E-state index contributed by atoms with van der Waals surface area (Å²) in [4.78, 5) is 4.61.